The largest absolute Gasteiger partial charge is 0.492 e. The first-order valence-corrected chi connectivity index (χ1v) is 10.3. The highest BCUT2D eigenvalue weighted by Crippen LogP contribution is 2.37. The first-order chi connectivity index (χ1) is 12.4. The van der Waals surface area contributed by atoms with Crippen LogP contribution in [0.3, 0.4) is 0 Å². The predicted octanol–water partition coefficient (Wildman–Crippen LogP) is 3.11. The van der Waals surface area contributed by atoms with Crippen LogP contribution in [0.2, 0.25) is 5.02 Å². The van der Waals surface area contributed by atoms with E-state index in [1.165, 1.54) is 22.7 Å². The van der Waals surface area contributed by atoms with Gasteiger partial charge in [-0.25, -0.2) is 4.98 Å². The summed E-state index contributed by atoms with van der Waals surface area (Å²) >= 11 is 8.10. The van der Waals surface area contributed by atoms with E-state index in [1.54, 1.807) is 4.52 Å². The molecule has 5 nitrogen and oxygen atoms in total. The molecule has 7 heteroatoms. The maximum atomic E-state index is 10.9. The molecule has 2 aromatic heterocycles. The van der Waals surface area contributed by atoms with Gasteiger partial charge in [-0.1, -0.05) is 55.0 Å². The number of aryl methyl sites for hydroxylation is 1. The SMILES string of the molecule is Cc1nc2sc([C@H](c3ccccc3Cl)[NH+]3C[C@@H](C)C[C@H](C)C3)c(O)n2n1. The van der Waals surface area contributed by atoms with Crippen molar-refractivity contribution in [1.29, 1.82) is 0 Å². The molecule has 0 radical (unpaired) electrons. The Labute approximate surface area is 162 Å². The van der Waals surface area contributed by atoms with Crippen molar-refractivity contribution < 1.29 is 10.0 Å². The Morgan fingerprint density at radius 2 is 1.96 bits per heavy atom. The normalized spacial score (nSPS) is 24.8. The number of fused-ring (bicyclic) bond motifs is 1. The van der Waals surface area contributed by atoms with Crippen LogP contribution in [-0.4, -0.2) is 32.8 Å². The molecule has 0 unspecified atom stereocenters. The van der Waals surface area contributed by atoms with Crippen LogP contribution >= 0.6 is 22.9 Å². The molecule has 138 valence electrons. The van der Waals surface area contributed by atoms with Crippen molar-refractivity contribution in [2.24, 2.45) is 11.8 Å². The van der Waals surface area contributed by atoms with Gasteiger partial charge >= 0.3 is 0 Å². The molecule has 3 heterocycles. The molecule has 0 aliphatic carbocycles. The molecule has 1 saturated heterocycles. The Bertz CT molecular complexity index is 927. The van der Waals surface area contributed by atoms with E-state index in [2.05, 4.69) is 30.0 Å². The van der Waals surface area contributed by atoms with Crippen molar-refractivity contribution in [2.75, 3.05) is 13.1 Å². The third-order valence-corrected chi connectivity index (χ3v) is 6.65. The minimum Gasteiger partial charge on any atom is -0.492 e. The van der Waals surface area contributed by atoms with Gasteiger partial charge in [-0.3, -0.25) is 0 Å². The molecule has 0 saturated carbocycles. The Kier molecular flexibility index (Phi) is 4.67. The number of nitrogens with one attached hydrogen (secondary N) is 1. The number of nitrogens with zero attached hydrogens (tertiary/aromatic N) is 3. The van der Waals surface area contributed by atoms with Gasteiger partial charge in [-0.2, -0.15) is 4.52 Å². The molecular formula is C19H24ClN4OS+. The summed E-state index contributed by atoms with van der Waals surface area (Å²) in [5.41, 5.74) is 1.06. The first kappa shape index (κ1) is 17.8. The number of quaternary nitrogens is 1. The van der Waals surface area contributed by atoms with E-state index in [0.29, 0.717) is 17.7 Å². The first-order valence-electron chi connectivity index (χ1n) is 9.08. The Hall–Kier alpha value is -1.63. The zero-order valence-corrected chi connectivity index (χ0v) is 16.8. The Morgan fingerprint density at radius 3 is 2.62 bits per heavy atom. The highest BCUT2D eigenvalue weighted by atomic mass is 35.5. The second-order valence-electron chi connectivity index (χ2n) is 7.61. The van der Waals surface area contributed by atoms with Crippen molar-refractivity contribution in [1.82, 2.24) is 14.6 Å². The predicted molar refractivity (Wildman–Crippen MR) is 104 cm³/mol. The summed E-state index contributed by atoms with van der Waals surface area (Å²) < 4.78 is 1.55. The number of rotatable bonds is 3. The fraction of sp³-hybridized carbons (Fsp3) is 0.474. The molecule has 0 spiro atoms. The molecule has 1 aliphatic rings. The average molecular weight is 392 g/mol. The molecule has 1 aliphatic heterocycles. The average Bonchev–Trinajstić information content (AvgIpc) is 3.07. The highest BCUT2D eigenvalue weighted by molar-refractivity contribution is 7.17. The Balaban J connectivity index is 1.85. The van der Waals surface area contributed by atoms with Gasteiger partial charge in [-0.15, -0.1) is 5.10 Å². The number of piperidine rings is 1. The minimum atomic E-state index is -0.0114. The molecule has 0 amide bonds. The van der Waals surface area contributed by atoms with Crippen LogP contribution in [0, 0.1) is 18.8 Å². The highest BCUT2D eigenvalue weighted by Gasteiger charge is 2.37. The van der Waals surface area contributed by atoms with Crippen molar-refractivity contribution >= 4 is 27.9 Å². The van der Waals surface area contributed by atoms with Crippen LogP contribution in [0.5, 0.6) is 5.88 Å². The van der Waals surface area contributed by atoms with E-state index < -0.39 is 0 Å². The lowest BCUT2D eigenvalue weighted by Gasteiger charge is -2.37. The van der Waals surface area contributed by atoms with Gasteiger partial charge in [0.25, 0.3) is 0 Å². The third-order valence-electron chi connectivity index (χ3n) is 5.22. The molecule has 1 fully saturated rings. The lowest BCUT2D eigenvalue weighted by atomic mass is 9.89. The van der Waals surface area contributed by atoms with Crippen LogP contribution in [0.1, 0.15) is 42.6 Å². The smallest absolute Gasteiger partial charge is 0.235 e. The fourth-order valence-corrected chi connectivity index (χ4v) is 5.78. The van der Waals surface area contributed by atoms with E-state index in [0.717, 1.165) is 33.5 Å². The summed E-state index contributed by atoms with van der Waals surface area (Å²) in [5, 5.41) is 16.0. The van der Waals surface area contributed by atoms with Gasteiger partial charge in [-0.05, 0) is 19.4 Å². The molecule has 26 heavy (non-hydrogen) atoms. The maximum Gasteiger partial charge on any atom is 0.235 e. The number of likely N-dealkylation sites (tertiary alicyclic amines) is 1. The van der Waals surface area contributed by atoms with Gasteiger partial charge in [0.1, 0.15) is 10.7 Å². The zero-order valence-electron chi connectivity index (χ0n) is 15.2. The Morgan fingerprint density at radius 1 is 1.27 bits per heavy atom. The molecule has 2 N–H and O–H groups in total. The number of halogens is 1. The van der Waals surface area contributed by atoms with Gasteiger partial charge in [0.05, 0.1) is 18.1 Å². The topological polar surface area (TPSA) is 54.9 Å². The number of aromatic hydroxyl groups is 1. The molecule has 0 bridgehead atoms. The van der Waals surface area contributed by atoms with Crippen LogP contribution in [0.4, 0.5) is 0 Å². The summed E-state index contributed by atoms with van der Waals surface area (Å²) in [4.78, 5) is 7.50. The minimum absolute atomic E-state index is 0.0114. The van der Waals surface area contributed by atoms with Crippen LogP contribution in [-0.2, 0) is 0 Å². The fourth-order valence-electron chi connectivity index (χ4n) is 4.36. The summed E-state index contributed by atoms with van der Waals surface area (Å²) in [5.74, 6) is 2.14. The van der Waals surface area contributed by atoms with Crippen molar-refractivity contribution in [3.8, 4) is 5.88 Å². The number of aromatic nitrogens is 3. The number of hydrogen-bond acceptors (Lipinski definition) is 4. The number of thiazole rings is 1. The summed E-state index contributed by atoms with van der Waals surface area (Å²) in [7, 11) is 0. The quantitative estimate of drug-likeness (QED) is 0.721. The van der Waals surface area contributed by atoms with E-state index in [-0.39, 0.29) is 11.9 Å². The monoisotopic (exact) mass is 391 g/mol. The summed E-state index contributed by atoms with van der Waals surface area (Å²) in [6.07, 6.45) is 1.25. The molecule has 3 aromatic rings. The van der Waals surface area contributed by atoms with Gasteiger partial charge in [0.15, 0.2) is 6.04 Å². The van der Waals surface area contributed by atoms with E-state index >= 15 is 0 Å². The number of hydrogen-bond donors (Lipinski definition) is 2. The van der Waals surface area contributed by atoms with Gasteiger partial charge in [0, 0.05) is 17.4 Å². The van der Waals surface area contributed by atoms with Crippen molar-refractivity contribution in [3.05, 3.63) is 45.6 Å². The molecule has 1 aromatic carbocycles. The summed E-state index contributed by atoms with van der Waals surface area (Å²) in [6, 6.07) is 7.96. The molecule has 3 atom stereocenters. The van der Waals surface area contributed by atoms with Crippen molar-refractivity contribution in [2.45, 2.75) is 33.2 Å². The van der Waals surface area contributed by atoms with E-state index in [9.17, 15) is 5.11 Å². The molecular weight excluding hydrogens is 368 g/mol. The van der Waals surface area contributed by atoms with E-state index in [4.69, 9.17) is 11.6 Å². The lowest BCUT2D eigenvalue weighted by molar-refractivity contribution is -0.936. The molecule has 4 rings (SSSR count). The van der Waals surface area contributed by atoms with Gasteiger partial charge in [0.2, 0.25) is 10.8 Å². The third kappa shape index (κ3) is 3.10. The zero-order chi connectivity index (χ0) is 18.4. The van der Waals surface area contributed by atoms with Crippen molar-refractivity contribution in [3.63, 3.8) is 0 Å². The number of benzene rings is 1. The van der Waals surface area contributed by atoms with Crippen LogP contribution in [0.25, 0.3) is 4.96 Å². The second-order valence-corrected chi connectivity index (χ2v) is 9.03. The van der Waals surface area contributed by atoms with Crippen LogP contribution in [0.15, 0.2) is 24.3 Å². The van der Waals surface area contributed by atoms with Crippen LogP contribution < -0.4 is 4.90 Å². The second kappa shape index (κ2) is 6.83. The standard InChI is InChI=1S/C19H23ClN4OS/c1-11-8-12(2)10-23(9-11)16(14-6-4-5-7-15(14)20)17-18(25)24-19(26-17)21-13(3)22-24/h4-7,11-12,16,25H,8-10H2,1-3H3/p+1/t11-,12-,16-/m0/s1. The van der Waals surface area contributed by atoms with Gasteiger partial charge < -0.3 is 10.0 Å². The van der Waals surface area contributed by atoms with E-state index in [1.807, 2.05) is 25.1 Å². The summed E-state index contributed by atoms with van der Waals surface area (Å²) in [6.45, 7) is 8.58. The lowest BCUT2D eigenvalue weighted by Crippen LogP contribution is -3.14. The maximum absolute atomic E-state index is 10.9.